The fraction of sp³-hybridized carbons (Fsp3) is 0.412. The third-order valence-electron chi connectivity index (χ3n) is 3.56. The number of ether oxygens (including phenoxy) is 2. The van der Waals surface area contributed by atoms with Gasteiger partial charge in [-0.3, -0.25) is 9.59 Å². The van der Waals surface area contributed by atoms with Crippen molar-refractivity contribution in [2.75, 3.05) is 33.9 Å². The monoisotopic (exact) mass is 316 g/mol. The zero-order valence-electron chi connectivity index (χ0n) is 13.3. The van der Waals surface area contributed by atoms with Crippen molar-refractivity contribution < 1.29 is 19.1 Å². The van der Waals surface area contributed by atoms with Crippen LogP contribution in [0.25, 0.3) is 0 Å². The van der Waals surface area contributed by atoms with Crippen molar-refractivity contribution in [2.45, 2.75) is 6.42 Å². The maximum Gasteiger partial charge on any atom is 0.226 e. The van der Waals surface area contributed by atoms with Crippen LogP contribution >= 0.6 is 0 Å². The number of hydrogen-bond acceptors (Lipinski definition) is 4. The van der Waals surface area contributed by atoms with E-state index in [4.69, 9.17) is 9.47 Å². The molecule has 122 valence electrons. The fourth-order valence-electron chi connectivity index (χ4n) is 2.28. The average molecular weight is 316 g/mol. The van der Waals surface area contributed by atoms with Gasteiger partial charge in [0.25, 0.3) is 0 Å². The van der Waals surface area contributed by atoms with Gasteiger partial charge in [-0.2, -0.15) is 0 Å². The second-order valence-corrected chi connectivity index (χ2v) is 5.19. The van der Waals surface area contributed by atoms with E-state index in [0.717, 1.165) is 0 Å². The second kappa shape index (κ2) is 8.08. The summed E-state index contributed by atoms with van der Waals surface area (Å²) in [6, 6.07) is 7.32. The Morgan fingerprint density at radius 3 is 2.74 bits per heavy atom. The lowest BCUT2D eigenvalue weighted by Gasteiger charge is -2.09. The lowest BCUT2D eigenvalue weighted by molar-refractivity contribution is -0.128. The predicted molar refractivity (Wildman–Crippen MR) is 85.0 cm³/mol. The van der Waals surface area contributed by atoms with Gasteiger partial charge in [0.2, 0.25) is 11.8 Å². The van der Waals surface area contributed by atoms with Crippen molar-refractivity contribution in [2.24, 2.45) is 5.92 Å². The summed E-state index contributed by atoms with van der Waals surface area (Å²) >= 11 is 0. The molecule has 1 aromatic rings. The Bertz CT molecular complexity index is 633. The number of methoxy groups -OCH3 is 1. The summed E-state index contributed by atoms with van der Waals surface area (Å²) in [5.41, 5.74) is 0. The molecule has 6 heteroatoms. The molecule has 1 heterocycles. The highest BCUT2D eigenvalue weighted by molar-refractivity contribution is 5.89. The van der Waals surface area contributed by atoms with Gasteiger partial charge in [-0.1, -0.05) is 24.0 Å². The summed E-state index contributed by atoms with van der Waals surface area (Å²) in [7, 11) is 3.28. The van der Waals surface area contributed by atoms with E-state index in [-0.39, 0.29) is 37.3 Å². The first-order valence-electron chi connectivity index (χ1n) is 7.35. The number of carbonyl (C=O) groups excluding carboxylic acids is 2. The van der Waals surface area contributed by atoms with Gasteiger partial charge in [0.1, 0.15) is 6.61 Å². The molecule has 1 N–H and O–H groups in total. The lowest BCUT2D eigenvalue weighted by Crippen LogP contribution is -2.32. The van der Waals surface area contributed by atoms with Crippen LogP contribution in [-0.4, -0.2) is 50.6 Å². The van der Waals surface area contributed by atoms with E-state index in [1.807, 2.05) is 18.2 Å². The Labute approximate surface area is 135 Å². The maximum absolute atomic E-state index is 11.9. The third kappa shape index (κ3) is 4.65. The number of carbonyl (C=O) groups is 2. The summed E-state index contributed by atoms with van der Waals surface area (Å²) in [5.74, 6) is 6.52. The highest BCUT2D eigenvalue weighted by Gasteiger charge is 2.31. The van der Waals surface area contributed by atoms with Crippen molar-refractivity contribution in [3.8, 4) is 23.3 Å². The van der Waals surface area contributed by atoms with Crippen molar-refractivity contribution in [3.05, 3.63) is 24.3 Å². The first-order valence-corrected chi connectivity index (χ1v) is 7.35. The summed E-state index contributed by atoms with van der Waals surface area (Å²) in [6.45, 7) is 0.915. The second-order valence-electron chi connectivity index (χ2n) is 5.19. The first-order chi connectivity index (χ1) is 11.1. The number of hydrogen-bond donors (Lipinski definition) is 1. The quantitative estimate of drug-likeness (QED) is 0.811. The van der Waals surface area contributed by atoms with E-state index in [1.54, 1.807) is 25.1 Å². The number of benzene rings is 1. The number of para-hydroxylation sites is 2. The number of nitrogens with zero attached hydrogens (tertiary/aromatic N) is 1. The van der Waals surface area contributed by atoms with Crippen LogP contribution in [0.5, 0.6) is 11.5 Å². The van der Waals surface area contributed by atoms with Crippen molar-refractivity contribution in [1.29, 1.82) is 0 Å². The van der Waals surface area contributed by atoms with Gasteiger partial charge in [0.15, 0.2) is 11.5 Å². The molecule has 0 aromatic heterocycles. The normalized spacial score (nSPS) is 16.5. The summed E-state index contributed by atoms with van der Waals surface area (Å²) in [4.78, 5) is 24.8. The summed E-state index contributed by atoms with van der Waals surface area (Å²) < 4.78 is 10.7. The highest BCUT2D eigenvalue weighted by atomic mass is 16.5. The zero-order valence-corrected chi connectivity index (χ0v) is 13.3. The summed E-state index contributed by atoms with van der Waals surface area (Å²) in [6.07, 6.45) is 0.271. The minimum absolute atomic E-state index is 0.00134. The van der Waals surface area contributed by atoms with Crippen LogP contribution in [0.4, 0.5) is 0 Å². The van der Waals surface area contributed by atoms with E-state index < -0.39 is 0 Å². The molecule has 1 aliphatic rings. The van der Waals surface area contributed by atoms with Crippen LogP contribution in [0.2, 0.25) is 0 Å². The standard InChI is InChI=1S/C17H20N2O4/c1-19-12-13(11-16(19)20)17(21)18-9-5-6-10-23-15-8-4-3-7-14(15)22-2/h3-4,7-8,13H,9-12H2,1-2H3,(H,18,21). The van der Waals surface area contributed by atoms with E-state index in [0.29, 0.717) is 18.0 Å². The molecule has 2 rings (SSSR count). The Morgan fingerprint density at radius 2 is 2.09 bits per heavy atom. The maximum atomic E-state index is 11.9. The van der Waals surface area contributed by atoms with Crippen molar-refractivity contribution in [1.82, 2.24) is 10.2 Å². The molecule has 1 aromatic carbocycles. The van der Waals surface area contributed by atoms with Crippen LogP contribution in [0.15, 0.2) is 24.3 Å². The van der Waals surface area contributed by atoms with E-state index in [9.17, 15) is 9.59 Å². The average Bonchev–Trinajstić information content (AvgIpc) is 2.90. The molecular weight excluding hydrogens is 296 g/mol. The molecule has 1 atom stereocenters. The van der Waals surface area contributed by atoms with Gasteiger partial charge < -0.3 is 19.7 Å². The molecule has 1 saturated heterocycles. The Hall–Kier alpha value is -2.68. The molecule has 1 fully saturated rings. The minimum atomic E-state index is -0.279. The molecule has 6 nitrogen and oxygen atoms in total. The SMILES string of the molecule is COc1ccccc1OCC#CCNC(=O)C1CC(=O)N(C)C1. The smallest absolute Gasteiger partial charge is 0.226 e. The number of amides is 2. The van der Waals surface area contributed by atoms with Crippen LogP contribution in [0, 0.1) is 17.8 Å². The molecule has 0 saturated carbocycles. The van der Waals surface area contributed by atoms with Crippen LogP contribution in [0.1, 0.15) is 6.42 Å². The molecule has 0 bridgehead atoms. The predicted octanol–water partition coefficient (Wildman–Crippen LogP) is 0.672. The number of likely N-dealkylation sites (tertiary alicyclic amines) is 1. The Balaban J connectivity index is 1.70. The van der Waals surface area contributed by atoms with E-state index >= 15 is 0 Å². The van der Waals surface area contributed by atoms with Crippen molar-refractivity contribution in [3.63, 3.8) is 0 Å². The van der Waals surface area contributed by atoms with E-state index in [2.05, 4.69) is 17.2 Å². The molecule has 23 heavy (non-hydrogen) atoms. The van der Waals surface area contributed by atoms with Crippen LogP contribution < -0.4 is 14.8 Å². The van der Waals surface area contributed by atoms with E-state index in [1.165, 1.54) is 0 Å². The molecule has 1 unspecified atom stereocenters. The molecule has 1 aliphatic heterocycles. The Kier molecular flexibility index (Phi) is 5.87. The van der Waals surface area contributed by atoms with Gasteiger partial charge in [-0.15, -0.1) is 0 Å². The zero-order chi connectivity index (χ0) is 16.7. The van der Waals surface area contributed by atoms with Gasteiger partial charge in [0, 0.05) is 20.0 Å². The Morgan fingerprint density at radius 1 is 1.35 bits per heavy atom. The lowest BCUT2D eigenvalue weighted by atomic mass is 10.1. The van der Waals surface area contributed by atoms with Crippen molar-refractivity contribution >= 4 is 11.8 Å². The molecule has 0 spiro atoms. The molecule has 2 amide bonds. The van der Waals surface area contributed by atoms with Gasteiger partial charge in [0.05, 0.1) is 19.6 Å². The topological polar surface area (TPSA) is 67.9 Å². The molecule has 0 aliphatic carbocycles. The number of nitrogens with one attached hydrogen (secondary N) is 1. The minimum Gasteiger partial charge on any atom is -0.493 e. The molecular formula is C17H20N2O4. The van der Waals surface area contributed by atoms with Gasteiger partial charge in [-0.25, -0.2) is 0 Å². The number of rotatable bonds is 5. The largest absolute Gasteiger partial charge is 0.493 e. The molecule has 0 radical (unpaired) electrons. The highest BCUT2D eigenvalue weighted by Crippen LogP contribution is 2.25. The van der Waals surface area contributed by atoms with Crippen LogP contribution in [-0.2, 0) is 9.59 Å². The summed E-state index contributed by atoms with van der Waals surface area (Å²) in [5, 5.41) is 2.72. The van der Waals surface area contributed by atoms with Gasteiger partial charge >= 0.3 is 0 Å². The van der Waals surface area contributed by atoms with Crippen LogP contribution in [0.3, 0.4) is 0 Å². The third-order valence-corrected chi connectivity index (χ3v) is 3.56. The van der Waals surface area contributed by atoms with Gasteiger partial charge in [-0.05, 0) is 12.1 Å². The fourth-order valence-corrected chi connectivity index (χ4v) is 2.28. The first kappa shape index (κ1) is 16.7.